The van der Waals surface area contributed by atoms with Gasteiger partial charge in [-0.25, -0.2) is 4.79 Å². The van der Waals surface area contributed by atoms with E-state index < -0.39 is 5.97 Å². The molecule has 1 heterocycles. The Balaban J connectivity index is 1.89. The highest BCUT2D eigenvalue weighted by molar-refractivity contribution is 5.75. The van der Waals surface area contributed by atoms with Crippen molar-refractivity contribution in [1.82, 2.24) is 20.4 Å². The van der Waals surface area contributed by atoms with Crippen LogP contribution in [0.4, 0.5) is 4.79 Å². The fourth-order valence-corrected chi connectivity index (χ4v) is 3.23. The molecule has 0 spiro atoms. The van der Waals surface area contributed by atoms with E-state index in [0.29, 0.717) is 25.7 Å². The average Bonchev–Trinajstić information content (AvgIpc) is 2.90. The Hall–Kier alpha value is -2.05. The topological polar surface area (TPSA) is 96.3 Å². The van der Waals surface area contributed by atoms with Crippen molar-refractivity contribution in [3.8, 4) is 0 Å². The van der Waals surface area contributed by atoms with Gasteiger partial charge in [0.25, 0.3) is 0 Å². The molecule has 7 nitrogen and oxygen atoms in total. The zero-order valence-electron chi connectivity index (χ0n) is 15.8. The largest absolute Gasteiger partial charge is 0.481 e. The van der Waals surface area contributed by atoms with Crippen LogP contribution < -0.4 is 10.6 Å². The number of carbonyl (C=O) groups excluding carboxylic acids is 1. The number of hydrogen-bond acceptors (Lipinski definition) is 3. The van der Waals surface area contributed by atoms with Crippen LogP contribution in [0.2, 0.25) is 0 Å². The van der Waals surface area contributed by atoms with Crippen molar-refractivity contribution in [3.63, 3.8) is 0 Å². The second kappa shape index (κ2) is 7.45. The van der Waals surface area contributed by atoms with Crippen LogP contribution in [0.15, 0.2) is 6.20 Å². The van der Waals surface area contributed by atoms with Crippen molar-refractivity contribution < 1.29 is 14.7 Å². The second-order valence-corrected chi connectivity index (χ2v) is 8.01. The zero-order valence-corrected chi connectivity index (χ0v) is 15.8. The molecule has 140 valence electrons. The molecule has 1 fully saturated rings. The highest BCUT2D eigenvalue weighted by Gasteiger charge is 2.27. The van der Waals surface area contributed by atoms with Gasteiger partial charge in [-0.1, -0.05) is 0 Å². The number of rotatable bonds is 4. The number of carbonyl (C=O) groups is 2. The molecule has 3 N–H and O–H groups in total. The van der Waals surface area contributed by atoms with E-state index in [0.717, 1.165) is 11.3 Å². The number of urea groups is 1. The van der Waals surface area contributed by atoms with Crippen molar-refractivity contribution in [2.45, 2.75) is 77.9 Å². The molecule has 1 aromatic heterocycles. The molecule has 7 heteroatoms. The highest BCUT2D eigenvalue weighted by atomic mass is 16.4. The number of carboxylic acids is 1. The van der Waals surface area contributed by atoms with Crippen LogP contribution in [0.1, 0.15) is 70.7 Å². The molecule has 1 aromatic rings. The van der Waals surface area contributed by atoms with E-state index in [1.54, 1.807) is 0 Å². The van der Waals surface area contributed by atoms with E-state index in [9.17, 15) is 9.59 Å². The van der Waals surface area contributed by atoms with Gasteiger partial charge in [0, 0.05) is 17.8 Å². The van der Waals surface area contributed by atoms with Crippen molar-refractivity contribution in [2.75, 3.05) is 0 Å². The fraction of sp³-hybridized carbons (Fsp3) is 0.722. The molecule has 0 saturated heterocycles. The maximum Gasteiger partial charge on any atom is 0.315 e. The van der Waals surface area contributed by atoms with Gasteiger partial charge >= 0.3 is 12.0 Å². The minimum Gasteiger partial charge on any atom is -0.481 e. The Morgan fingerprint density at radius 1 is 1.28 bits per heavy atom. The normalized spacial score (nSPS) is 22.3. The van der Waals surface area contributed by atoms with Crippen LogP contribution in [0.25, 0.3) is 0 Å². The molecule has 1 saturated carbocycles. The molecule has 1 atom stereocenters. The summed E-state index contributed by atoms with van der Waals surface area (Å²) in [4.78, 5) is 23.2. The first-order chi connectivity index (χ1) is 11.6. The molecular formula is C18H30N4O3. The summed E-state index contributed by atoms with van der Waals surface area (Å²) in [7, 11) is 0. The summed E-state index contributed by atoms with van der Waals surface area (Å²) in [6.07, 6.45) is 4.64. The summed E-state index contributed by atoms with van der Waals surface area (Å²) < 4.78 is 1.92. The lowest BCUT2D eigenvalue weighted by atomic mass is 9.86. The van der Waals surface area contributed by atoms with Crippen LogP contribution in [-0.2, 0) is 10.3 Å². The summed E-state index contributed by atoms with van der Waals surface area (Å²) >= 11 is 0. The number of carboxylic acid groups (broad SMARTS) is 1. The summed E-state index contributed by atoms with van der Waals surface area (Å²) in [6, 6.07) is -0.318. The third-order valence-corrected chi connectivity index (χ3v) is 4.85. The van der Waals surface area contributed by atoms with Crippen LogP contribution in [-0.4, -0.2) is 32.9 Å². The van der Waals surface area contributed by atoms with Gasteiger partial charge in [0.05, 0.1) is 23.2 Å². The molecule has 0 aliphatic heterocycles. The molecule has 2 rings (SSSR count). The fourth-order valence-electron chi connectivity index (χ4n) is 3.23. The predicted octanol–water partition coefficient (Wildman–Crippen LogP) is 2.95. The molecule has 1 aliphatic rings. The lowest BCUT2D eigenvalue weighted by Crippen LogP contribution is -2.44. The average molecular weight is 350 g/mol. The molecule has 0 aromatic carbocycles. The van der Waals surface area contributed by atoms with E-state index in [1.165, 1.54) is 0 Å². The summed E-state index contributed by atoms with van der Waals surface area (Å²) in [5.41, 5.74) is 1.80. The number of aromatic nitrogens is 2. The quantitative estimate of drug-likeness (QED) is 0.778. The number of aliphatic carboxylic acids is 1. The second-order valence-electron chi connectivity index (χ2n) is 8.01. The standard InChI is InChI=1S/C18H30N4O3/c1-11(15-10-22(18(3,4)5)21-12(15)2)19-17(25)20-14-8-6-13(7-9-14)16(23)24/h10-11,13-14H,6-9H2,1-5H3,(H,23,24)(H2,19,20,25). The molecule has 25 heavy (non-hydrogen) atoms. The zero-order chi connectivity index (χ0) is 18.8. The first kappa shape index (κ1) is 19.3. The maximum atomic E-state index is 12.3. The first-order valence-corrected chi connectivity index (χ1v) is 8.94. The molecule has 1 aliphatic carbocycles. The van der Waals surface area contributed by atoms with Gasteiger partial charge in [-0.3, -0.25) is 9.48 Å². The number of aryl methyl sites for hydroxylation is 1. The van der Waals surface area contributed by atoms with Gasteiger partial charge in [0.1, 0.15) is 0 Å². The molecule has 2 amide bonds. The Labute approximate surface area is 149 Å². The van der Waals surface area contributed by atoms with E-state index in [4.69, 9.17) is 5.11 Å². The molecular weight excluding hydrogens is 320 g/mol. The highest BCUT2D eigenvalue weighted by Crippen LogP contribution is 2.25. The van der Waals surface area contributed by atoms with E-state index >= 15 is 0 Å². The number of nitrogens with one attached hydrogen (secondary N) is 2. The van der Waals surface area contributed by atoms with Crippen LogP contribution >= 0.6 is 0 Å². The Morgan fingerprint density at radius 3 is 2.36 bits per heavy atom. The summed E-state index contributed by atoms with van der Waals surface area (Å²) in [6.45, 7) is 10.1. The van der Waals surface area contributed by atoms with E-state index in [1.807, 2.05) is 24.7 Å². The summed E-state index contributed by atoms with van der Waals surface area (Å²) in [5.74, 6) is -1.01. The van der Waals surface area contributed by atoms with Gasteiger partial charge in [-0.05, 0) is 60.3 Å². The number of amides is 2. The van der Waals surface area contributed by atoms with Crippen molar-refractivity contribution >= 4 is 12.0 Å². The van der Waals surface area contributed by atoms with Crippen molar-refractivity contribution in [3.05, 3.63) is 17.5 Å². The van der Waals surface area contributed by atoms with Crippen LogP contribution in [0.5, 0.6) is 0 Å². The molecule has 1 unspecified atom stereocenters. The van der Waals surface area contributed by atoms with Crippen molar-refractivity contribution in [2.24, 2.45) is 5.92 Å². The lowest BCUT2D eigenvalue weighted by Gasteiger charge is -2.27. The SMILES string of the molecule is Cc1nn(C(C)(C)C)cc1C(C)NC(=O)NC1CCC(C(=O)O)CC1. The third kappa shape index (κ3) is 4.96. The maximum absolute atomic E-state index is 12.3. The Bertz CT molecular complexity index is 625. The number of hydrogen-bond donors (Lipinski definition) is 3. The van der Waals surface area contributed by atoms with Gasteiger partial charge in [-0.15, -0.1) is 0 Å². The molecule has 0 bridgehead atoms. The van der Waals surface area contributed by atoms with Gasteiger partial charge in [0.2, 0.25) is 0 Å². The van der Waals surface area contributed by atoms with Crippen LogP contribution in [0.3, 0.4) is 0 Å². The minimum atomic E-state index is -0.733. The van der Waals surface area contributed by atoms with Gasteiger partial charge in [0.15, 0.2) is 0 Å². The minimum absolute atomic E-state index is 0.0428. The summed E-state index contributed by atoms with van der Waals surface area (Å²) in [5, 5.41) is 19.5. The van der Waals surface area contributed by atoms with Crippen molar-refractivity contribution in [1.29, 1.82) is 0 Å². The number of nitrogens with zero attached hydrogens (tertiary/aromatic N) is 2. The smallest absolute Gasteiger partial charge is 0.315 e. The monoisotopic (exact) mass is 350 g/mol. The molecule has 0 radical (unpaired) electrons. The van der Waals surface area contributed by atoms with E-state index in [-0.39, 0.29) is 29.6 Å². The van der Waals surface area contributed by atoms with Gasteiger partial charge < -0.3 is 15.7 Å². The van der Waals surface area contributed by atoms with E-state index in [2.05, 4.69) is 36.5 Å². The van der Waals surface area contributed by atoms with Crippen LogP contribution in [0, 0.1) is 12.8 Å². The third-order valence-electron chi connectivity index (χ3n) is 4.85. The predicted molar refractivity (Wildman–Crippen MR) is 95.4 cm³/mol. The Kier molecular flexibility index (Phi) is 5.75. The lowest BCUT2D eigenvalue weighted by molar-refractivity contribution is -0.142. The van der Waals surface area contributed by atoms with Gasteiger partial charge in [-0.2, -0.15) is 5.10 Å². The Morgan fingerprint density at radius 2 is 1.88 bits per heavy atom. The first-order valence-electron chi connectivity index (χ1n) is 8.94.